The van der Waals surface area contributed by atoms with Gasteiger partial charge in [0, 0.05) is 11.8 Å². The van der Waals surface area contributed by atoms with Crippen LogP contribution in [0.25, 0.3) is 0 Å². The fourth-order valence-electron chi connectivity index (χ4n) is 2.32. The van der Waals surface area contributed by atoms with E-state index in [0.29, 0.717) is 11.4 Å². The highest BCUT2D eigenvalue weighted by Crippen LogP contribution is 2.20. The summed E-state index contributed by atoms with van der Waals surface area (Å²) in [5, 5.41) is 2.76. The molecule has 2 heterocycles. The van der Waals surface area contributed by atoms with E-state index in [1.54, 1.807) is 61.7 Å². The topological polar surface area (TPSA) is 72.2 Å². The van der Waals surface area contributed by atoms with Gasteiger partial charge in [-0.2, -0.15) is 0 Å². The average Bonchev–Trinajstić information content (AvgIpc) is 3.16. The van der Waals surface area contributed by atoms with E-state index in [1.807, 2.05) is 6.07 Å². The first-order valence-corrected chi connectivity index (χ1v) is 7.55. The van der Waals surface area contributed by atoms with Gasteiger partial charge < -0.3 is 9.73 Å². The Labute approximate surface area is 139 Å². The normalized spacial score (nSPS) is 11.7. The quantitative estimate of drug-likeness (QED) is 0.728. The third-order valence-electron chi connectivity index (χ3n) is 3.70. The second kappa shape index (κ2) is 6.91. The van der Waals surface area contributed by atoms with Gasteiger partial charge in [0.05, 0.1) is 12.2 Å². The molecule has 0 aliphatic rings. The number of hydrogen-bond acceptors (Lipinski definition) is 4. The molecule has 1 unspecified atom stereocenters. The van der Waals surface area contributed by atoms with Gasteiger partial charge in [-0.3, -0.25) is 9.59 Å². The van der Waals surface area contributed by atoms with Gasteiger partial charge in [0.2, 0.25) is 11.7 Å². The fraction of sp³-hybridized carbons (Fsp3) is 0.105. The molecule has 2 aromatic heterocycles. The third-order valence-corrected chi connectivity index (χ3v) is 3.70. The molecule has 1 atom stereocenters. The number of furan rings is 1. The molecular weight excluding hydrogens is 304 g/mol. The molecule has 5 nitrogen and oxygen atoms in total. The van der Waals surface area contributed by atoms with Gasteiger partial charge in [0.15, 0.2) is 5.76 Å². The summed E-state index contributed by atoms with van der Waals surface area (Å²) in [6.45, 7) is 1.79. The van der Waals surface area contributed by atoms with Crippen molar-refractivity contribution in [3.05, 3.63) is 83.9 Å². The van der Waals surface area contributed by atoms with Crippen molar-refractivity contribution >= 4 is 17.5 Å². The zero-order valence-electron chi connectivity index (χ0n) is 13.1. The van der Waals surface area contributed by atoms with Gasteiger partial charge in [-0.15, -0.1) is 0 Å². The Morgan fingerprint density at radius 2 is 1.96 bits per heavy atom. The van der Waals surface area contributed by atoms with Crippen LogP contribution in [0.3, 0.4) is 0 Å². The minimum atomic E-state index is -0.420. The highest BCUT2D eigenvalue weighted by Gasteiger charge is 2.18. The molecule has 0 spiro atoms. The van der Waals surface area contributed by atoms with E-state index >= 15 is 0 Å². The number of pyridine rings is 1. The maximum atomic E-state index is 12.4. The number of benzene rings is 1. The Morgan fingerprint density at radius 1 is 1.08 bits per heavy atom. The number of aromatic nitrogens is 1. The molecular formula is C19H16N2O3. The van der Waals surface area contributed by atoms with Crippen LogP contribution in [0.5, 0.6) is 0 Å². The average molecular weight is 320 g/mol. The van der Waals surface area contributed by atoms with Crippen molar-refractivity contribution in [3.8, 4) is 0 Å². The second-order valence-electron chi connectivity index (χ2n) is 5.36. The Bertz CT molecular complexity index is 842. The van der Waals surface area contributed by atoms with E-state index in [2.05, 4.69) is 10.3 Å². The minimum Gasteiger partial charge on any atom is -0.461 e. The number of nitrogens with one attached hydrogen (secondary N) is 1. The Kier molecular flexibility index (Phi) is 4.52. The van der Waals surface area contributed by atoms with Crippen LogP contribution in [0.2, 0.25) is 0 Å². The summed E-state index contributed by atoms with van der Waals surface area (Å²) in [5.41, 5.74) is 1.24. The molecule has 0 saturated heterocycles. The molecule has 1 amide bonds. The van der Waals surface area contributed by atoms with E-state index in [9.17, 15) is 9.59 Å². The van der Waals surface area contributed by atoms with Crippen LogP contribution in [0.4, 0.5) is 5.82 Å². The molecule has 0 bridgehead atoms. The van der Waals surface area contributed by atoms with Crippen molar-refractivity contribution in [2.75, 3.05) is 5.32 Å². The zero-order valence-corrected chi connectivity index (χ0v) is 13.1. The molecule has 0 fully saturated rings. The van der Waals surface area contributed by atoms with E-state index in [4.69, 9.17) is 4.42 Å². The number of anilines is 1. The van der Waals surface area contributed by atoms with E-state index in [1.165, 1.54) is 6.26 Å². The fourth-order valence-corrected chi connectivity index (χ4v) is 2.32. The lowest BCUT2D eigenvalue weighted by Gasteiger charge is -2.13. The summed E-state index contributed by atoms with van der Waals surface area (Å²) in [5.74, 6) is -0.0401. The number of amides is 1. The Balaban J connectivity index is 1.78. The first-order chi connectivity index (χ1) is 11.6. The maximum absolute atomic E-state index is 12.4. The molecule has 1 N–H and O–H groups in total. The molecule has 1 aromatic carbocycles. The monoisotopic (exact) mass is 320 g/mol. The molecule has 3 aromatic rings. The number of nitrogens with zero attached hydrogens (tertiary/aromatic N) is 1. The summed E-state index contributed by atoms with van der Waals surface area (Å²) < 4.78 is 5.14. The Hall–Kier alpha value is -3.21. The van der Waals surface area contributed by atoms with Crippen molar-refractivity contribution < 1.29 is 14.0 Å². The van der Waals surface area contributed by atoms with Crippen LogP contribution in [0.1, 0.15) is 34.5 Å². The molecule has 0 saturated carbocycles. The smallest absolute Gasteiger partial charge is 0.232 e. The molecule has 0 radical (unpaired) electrons. The van der Waals surface area contributed by atoms with Gasteiger partial charge in [0.25, 0.3) is 0 Å². The van der Waals surface area contributed by atoms with E-state index < -0.39 is 5.92 Å². The largest absolute Gasteiger partial charge is 0.461 e. The number of hydrogen-bond donors (Lipinski definition) is 1. The van der Waals surface area contributed by atoms with Crippen molar-refractivity contribution in [3.63, 3.8) is 0 Å². The molecule has 5 heteroatoms. The van der Waals surface area contributed by atoms with Gasteiger partial charge >= 0.3 is 0 Å². The van der Waals surface area contributed by atoms with Crippen LogP contribution in [-0.4, -0.2) is 16.7 Å². The first-order valence-electron chi connectivity index (χ1n) is 7.55. The highest BCUT2D eigenvalue weighted by atomic mass is 16.3. The summed E-state index contributed by atoms with van der Waals surface area (Å²) in [6.07, 6.45) is 3.07. The standard InChI is InChI=1S/C19H16N2O3/c1-13(19(23)21-17-9-2-3-10-20-17)14-6-4-7-15(12-14)18(22)16-8-5-11-24-16/h2-13H,1H3,(H,20,21,23). The second-order valence-corrected chi connectivity index (χ2v) is 5.36. The van der Waals surface area contributed by atoms with Crippen LogP contribution in [0.15, 0.2) is 71.5 Å². The summed E-state index contributed by atoms with van der Waals surface area (Å²) in [4.78, 5) is 28.8. The van der Waals surface area contributed by atoms with Crippen LogP contribution in [0, 0.1) is 0 Å². The molecule has 24 heavy (non-hydrogen) atoms. The Morgan fingerprint density at radius 3 is 2.67 bits per heavy atom. The highest BCUT2D eigenvalue weighted by molar-refractivity contribution is 6.07. The summed E-state index contributed by atoms with van der Waals surface area (Å²) in [6, 6.07) is 15.6. The van der Waals surface area contributed by atoms with Crippen molar-refractivity contribution in [2.24, 2.45) is 0 Å². The lowest BCUT2D eigenvalue weighted by Crippen LogP contribution is -2.19. The molecule has 3 rings (SSSR count). The zero-order chi connectivity index (χ0) is 16.9. The predicted octanol–water partition coefficient (Wildman–Crippen LogP) is 3.65. The van der Waals surface area contributed by atoms with Crippen LogP contribution >= 0.6 is 0 Å². The first kappa shape index (κ1) is 15.7. The molecule has 120 valence electrons. The predicted molar refractivity (Wildman–Crippen MR) is 89.9 cm³/mol. The number of carbonyl (C=O) groups excluding carboxylic acids is 2. The molecule has 0 aliphatic heterocycles. The van der Waals surface area contributed by atoms with Crippen LogP contribution < -0.4 is 5.32 Å². The lowest BCUT2D eigenvalue weighted by molar-refractivity contribution is -0.117. The lowest BCUT2D eigenvalue weighted by atomic mass is 9.96. The summed E-state index contributed by atoms with van der Waals surface area (Å²) >= 11 is 0. The van der Waals surface area contributed by atoms with Gasteiger partial charge in [0.1, 0.15) is 5.82 Å². The van der Waals surface area contributed by atoms with Crippen molar-refractivity contribution in [1.29, 1.82) is 0 Å². The minimum absolute atomic E-state index is 0.184. The maximum Gasteiger partial charge on any atom is 0.232 e. The van der Waals surface area contributed by atoms with Crippen molar-refractivity contribution in [2.45, 2.75) is 12.8 Å². The van der Waals surface area contributed by atoms with Crippen molar-refractivity contribution in [1.82, 2.24) is 4.98 Å². The number of ketones is 1. The SMILES string of the molecule is CC(C(=O)Nc1ccccn1)c1cccc(C(=O)c2ccco2)c1. The number of carbonyl (C=O) groups is 2. The van der Waals surface area contributed by atoms with Gasteiger partial charge in [-0.05, 0) is 42.8 Å². The summed E-state index contributed by atoms with van der Waals surface area (Å²) in [7, 11) is 0. The van der Waals surface area contributed by atoms with E-state index in [0.717, 1.165) is 5.56 Å². The third kappa shape index (κ3) is 3.41. The van der Waals surface area contributed by atoms with E-state index in [-0.39, 0.29) is 17.5 Å². The van der Waals surface area contributed by atoms with Gasteiger partial charge in [-0.25, -0.2) is 4.98 Å². The van der Waals surface area contributed by atoms with Crippen LogP contribution in [-0.2, 0) is 4.79 Å². The van der Waals surface area contributed by atoms with Gasteiger partial charge in [-0.1, -0.05) is 24.3 Å². The number of rotatable bonds is 5. The molecule has 0 aliphatic carbocycles.